The summed E-state index contributed by atoms with van der Waals surface area (Å²) in [6.07, 6.45) is 2.63. The lowest BCUT2D eigenvalue weighted by Crippen LogP contribution is -2.39. The highest BCUT2D eigenvalue weighted by molar-refractivity contribution is 5.71. The van der Waals surface area contributed by atoms with Crippen molar-refractivity contribution in [2.24, 2.45) is 5.92 Å². The fraction of sp³-hybridized carbons (Fsp3) is 0.409. The Morgan fingerprint density at radius 2 is 1.41 bits per heavy atom. The second kappa shape index (κ2) is 8.91. The van der Waals surface area contributed by atoms with Gasteiger partial charge in [0, 0.05) is 19.1 Å². The highest BCUT2D eigenvalue weighted by atomic mass is 16.5. The number of aliphatic carboxylic acids is 1. The molecule has 1 aliphatic carbocycles. The van der Waals surface area contributed by atoms with Gasteiger partial charge in [-0.1, -0.05) is 30.7 Å². The maximum absolute atomic E-state index is 11.7. The number of hydrogen-bond donors (Lipinski definition) is 1. The first-order valence-electron chi connectivity index (χ1n) is 9.33. The number of hydrogen-bond acceptors (Lipinski definition) is 4. The summed E-state index contributed by atoms with van der Waals surface area (Å²) in [7, 11) is 3.31. The highest BCUT2D eigenvalue weighted by Crippen LogP contribution is 2.32. The Balaban J connectivity index is 1.81. The van der Waals surface area contributed by atoms with Crippen molar-refractivity contribution in [1.82, 2.24) is 4.90 Å². The van der Waals surface area contributed by atoms with Crippen LogP contribution in [0.2, 0.25) is 0 Å². The van der Waals surface area contributed by atoms with E-state index >= 15 is 0 Å². The van der Waals surface area contributed by atoms with Gasteiger partial charge in [-0.2, -0.15) is 0 Å². The van der Waals surface area contributed by atoms with Crippen LogP contribution in [0.25, 0.3) is 0 Å². The minimum absolute atomic E-state index is 0.0479. The number of rotatable bonds is 8. The summed E-state index contributed by atoms with van der Waals surface area (Å²) in [5, 5.41) is 9.64. The van der Waals surface area contributed by atoms with Gasteiger partial charge in [0.15, 0.2) is 0 Å². The molecule has 2 atom stereocenters. The van der Waals surface area contributed by atoms with Gasteiger partial charge in [-0.05, 0) is 48.2 Å². The lowest BCUT2D eigenvalue weighted by molar-refractivity contribution is -0.143. The molecule has 0 radical (unpaired) electrons. The van der Waals surface area contributed by atoms with Gasteiger partial charge in [0.25, 0.3) is 0 Å². The zero-order chi connectivity index (χ0) is 19.2. The summed E-state index contributed by atoms with van der Waals surface area (Å²) in [6.45, 7) is 1.43. The molecule has 0 aromatic heterocycles. The Morgan fingerprint density at radius 1 is 0.926 bits per heavy atom. The molecule has 2 aromatic rings. The van der Waals surface area contributed by atoms with Gasteiger partial charge in [0.2, 0.25) is 0 Å². The van der Waals surface area contributed by atoms with Crippen LogP contribution in [0.4, 0.5) is 0 Å². The van der Waals surface area contributed by atoms with Crippen molar-refractivity contribution in [3.63, 3.8) is 0 Å². The highest BCUT2D eigenvalue weighted by Gasteiger charge is 2.36. The fourth-order valence-corrected chi connectivity index (χ4v) is 3.89. The molecule has 0 bridgehead atoms. The van der Waals surface area contributed by atoms with E-state index in [1.165, 1.54) is 0 Å². The predicted octanol–water partition coefficient (Wildman–Crippen LogP) is 3.96. The molecule has 1 saturated carbocycles. The molecule has 0 amide bonds. The molecule has 0 unspecified atom stereocenters. The predicted molar refractivity (Wildman–Crippen MR) is 104 cm³/mol. The number of carbonyl (C=O) groups is 1. The molecule has 27 heavy (non-hydrogen) atoms. The molecule has 144 valence electrons. The van der Waals surface area contributed by atoms with Crippen molar-refractivity contribution in [3.05, 3.63) is 59.7 Å². The Kier molecular flexibility index (Phi) is 6.35. The number of ether oxygens (including phenoxy) is 2. The van der Waals surface area contributed by atoms with Crippen molar-refractivity contribution in [2.75, 3.05) is 14.2 Å². The average Bonchev–Trinajstić information content (AvgIpc) is 3.19. The van der Waals surface area contributed by atoms with Crippen LogP contribution < -0.4 is 9.47 Å². The van der Waals surface area contributed by atoms with E-state index in [0.717, 1.165) is 41.9 Å². The fourth-order valence-electron chi connectivity index (χ4n) is 3.89. The second-order valence-corrected chi connectivity index (χ2v) is 7.04. The van der Waals surface area contributed by atoms with E-state index in [4.69, 9.17) is 9.47 Å². The van der Waals surface area contributed by atoms with Crippen molar-refractivity contribution in [1.29, 1.82) is 0 Å². The van der Waals surface area contributed by atoms with Crippen molar-refractivity contribution in [3.8, 4) is 11.5 Å². The summed E-state index contributed by atoms with van der Waals surface area (Å²) < 4.78 is 10.5. The third-order valence-electron chi connectivity index (χ3n) is 5.36. The van der Waals surface area contributed by atoms with Gasteiger partial charge in [-0.15, -0.1) is 0 Å². The molecule has 1 N–H and O–H groups in total. The number of benzene rings is 2. The molecule has 0 saturated heterocycles. The lowest BCUT2D eigenvalue weighted by Gasteiger charge is -2.32. The van der Waals surface area contributed by atoms with E-state index in [0.29, 0.717) is 13.1 Å². The maximum atomic E-state index is 11.7. The number of nitrogens with zero attached hydrogens (tertiary/aromatic N) is 1. The molecule has 1 fully saturated rings. The number of carboxylic acid groups (broad SMARTS) is 1. The third-order valence-corrected chi connectivity index (χ3v) is 5.36. The molecule has 1 aliphatic rings. The van der Waals surface area contributed by atoms with Gasteiger partial charge in [-0.25, -0.2) is 0 Å². The standard InChI is InChI=1S/C22H27NO4/c1-26-18-10-6-16(7-11-18)14-23(21-5-3-4-20(21)22(24)25)15-17-8-12-19(27-2)13-9-17/h6-13,20-21H,3-5,14-15H2,1-2H3,(H,24,25)/t20-,21-/m0/s1. The maximum Gasteiger partial charge on any atom is 0.308 e. The zero-order valence-corrected chi connectivity index (χ0v) is 15.9. The average molecular weight is 369 g/mol. The van der Waals surface area contributed by atoms with E-state index in [9.17, 15) is 9.90 Å². The van der Waals surface area contributed by atoms with Gasteiger partial charge < -0.3 is 14.6 Å². The lowest BCUT2D eigenvalue weighted by atomic mass is 10.0. The molecular formula is C22H27NO4. The quantitative estimate of drug-likeness (QED) is 0.763. The van der Waals surface area contributed by atoms with Gasteiger partial charge >= 0.3 is 5.97 Å². The minimum atomic E-state index is -0.688. The first kappa shape index (κ1) is 19.2. The van der Waals surface area contributed by atoms with Crippen LogP contribution in [-0.4, -0.2) is 36.2 Å². The van der Waals surface area contributed by atoms with Gasteiger partial charge in [-0.3, -0.25) is 9.69 Å². The van der Waals surface area contributed by atoms with Crippen molar-refractivity contribution in [2.45, 2.75) is 38.4 Å². The molecule has 5 nitrogen and oxygen atoms in total. The molecule has 0 aliphatic heterocycles. The molecule has 5 heteroatoms. The van der Waals surface area contributed by atoms with E-state index < -0.39 is 5.97 Å². The van der Waals surface area contributed by atoms with E-state index in [2.05, 4.69) is 4.90 Å². The van der Waals surface area contributed by atoms with Crippen molar-refractivity contribution >= 4 is 5.97 Å². The number of methoxy groups -OCH3 is 2. The summed E-state index contributed by atoms with van der Waals surface area (Å²) >= 11 is 0. The van der Waals surface area contributed by atoms with Gasteiger partial charge in [0.1, 0.15) is 11.5 Å². The summed E-state index contributed by atoms with van der Waals surface area (Å²) in [4.78, 5) is 14.0. The second-order valence-electron chi connectivity index (χ2n) is 7.04. The molecule has 0 heterocycles. The number of carboxylic acids is 1. The minimum Gasteiger partial charge on any atom is -0.497 e. The smallest absolute Gasteiger partial charge is 0.308 e. The third kappa shape index (κ3) is 4.80. The summed E-state index contributed by atoms with van der Waals surface area (Å²) in [6, 6.07) is 16.0. The Labute approximate surface area is 160 Å². The van der Waals surface area contributed by atoms with E-state index in [-0.39, 0.29) is 12.0 Å². The first-order valence-corrected chi connectivity index (χ1v) is 9.33. The zero-order valence-electron chi connectivity index (χ0n) is 15.9. The van der Waals surface area contributed by atoms with Crippen molar-refractivity contribution < 1.29 is 19.4 Å². The Morgan fingerprint density at radius 3 is 1.81 bits per heavy atom. The molecular weight excluding hydrogens is 342 g/mol. The Hall–Kier alpha value is -2.53. The molecule has 2 aromatic carbocycles. The topological polar surface area (TPSA) is 59.0 Å². The van der Waals surface area contributed by atoms with Crippen LogP contribution in [0.3, 0.4) is 0 Å². The van der Waals surface area contributed by atoms with Crippen LogP contribution in [0, 0.1) is 5.92 Å². The monoisotopic (exact) mass is 369 g/mol. The largest absolute Gasteiger partial charge is 0.497 e. The normalized spacial score (nSPS) is 19.2. The molecule has 3 rings (SSSR count). The Bertz CT molecular complexity index is 692. The van der Waals surface area contributed by atoms with Crippen LogP contribution in [-0.2, 0) is 17.9 Å². The van der Waals surface area contributed by atoms with E-state index in [1.54, 1.807) is 14.2 Å². The molecule has 0 spiro atoms. The van der Waals surface area contributed by atoms with Crippen LogP contribution in [0.1, 0.15) is 30.4 Å². The van der Waals surface area contributed by atoms with Crippen LogP contribution in [0.15, 0.2) is 48.5 Å². The van der Waals surface area contributed by atoms with Crippen LogP contribution in [0.5, 0.6) is 11.5 Å². The first-order chi connectivity index (χ1) is 13.1. The van der Waals surface area contributed by atoms with Crippen LogP contribution >= 0.6 is 0 Å². The summed E-state index contributed by atoms with van der Waals surface area (Å²) in [5.41, 5.74) is 2.31. The SMILES string of the molecule is COc1ccc(CN(Cc2ccc(OC)cc2)[C@H]2CCC[C@@H]2C(=O)O)cc1. The summed E-state index contributed by atoms with van der Waals surface area (Å²) in [5.74, 6) is 0.655. The van der Waals surface area contributed by atoms with Gasteiger partial charge in [0.05, 0.1) is 20.1 Å². The van der Waals surface area contributed by atoms with E-state index in [1.807, 2.05) is 48.5 Å².